The molecular formula is C17H27N3O3S. The van der Waals surface area contributed by atoms with Crippen LogP contribution in [0.25, 0.3) is 0 Å². The third-order valence-electron chi connectivity index (χ3n) is 4.21. The van der Waals surface area contributed by atoms with Crippen LogP contribution in [0.4, 0.5) is 10.5 Å². The standard InChI is InChI=1S/C17H27N3O3S/c1-3-13-24(22,23)19-16-9-11-20(12-10-16)17(21)18-15-7-5-14(4-2)6-8-15/h5-8,16,19H,3-4,9-13H2,1-2H3,(H,18,21). The molecule has 2 rings (SSSR count). The van der Waals surface area contributed by atoms with Crippen LogP contribution in [0.3, 0.4) is 0 Å². The number of urea groups is 1. The summed E-state index contributed by atoms with van der Waals surface area (Å²) in [5.74, 6) is 0.154. The maximum Gasteiger partial charge on any atom is 0.321 e. The molecule has 6 nitrogen and oxygen atoms in total. The Labute approximate surface area is 144 Å². The third kappa shape index (κ3) is 5.49. The van der Waals surface area contributed by atoms with E-state index >= 15 is 0 Å². The number of nitrogens with zero attached hydrogens (tertiary/aromatic N) is 1. The zero-order valence-corrected chi connectivity index (χ0v) is 15.2. The van der Waals surface area contributed by atoms with E-state index in [4.69, 9.17) is 0 Å². The van der Waals surface area contributed by atoms with Crippen molar-refractivity contribution in [3.05, 3.63) is 29.8 Å². The number of anilines is 1. The molecule has 0 spiro atoms. The van der Waals surface area contributed by atoms with Gasteiger partial charge in [-0.3, -0.25) is 0 Å². The lowest BCUT2D eigenvalue weighted by Crippen LogP contribution is -2.48. The number of aryl methyl sites for hydroxylation is 1. The smallest absolute Gasteiger partial charge is 0.321 e. The van der Waals surface area contributed by atoms with Crippen molar-refractivity contribution in [1.82, 2.24) is 9.62 Å². The van der Waals surface area contributed by atoms with E-state index in [2.05, 4.69) is 17.0 Å². The van der Waals surface area contributed by atoms with Crippen molar-refractivity contribution < 1.29 is 13.2 Å². The molecule has 2 amide bonds. The first-order chi connectivity index (χ1) is 11.4. The lowest BCUT2D eigenvalue weighted by molar-refractivity contribution is 0.193. The highest BCUT2D eigenvalue weighted by Gasteiger charge is 2.25. The average molecular weight is 353 g/mol. The number of rotatable bonds is 6. The summed E-state index contributed by atoms with van der Waals surface area (Å²) < 4.78 is 26.3. The lowest BCUT2D eigenvalue weighted by Gasteiger charge is -2.32. The second kappa shape index (κ2) is 8.48. The van der Waals surface area contributed by atoms with E-state index in [0.29, 0.717) is 32.4 Å². The number of hydrogen-bond donors (Lipinski definition) is 2. The largest absolute Gasteiger partial charge is 0.324 e. The first-order valence-electron chi connectivity index (χ1n) is 8.58. The van der Waals surface area contributed by atoms with Crippen molar-refractivity contribution in [3.63, 3.8) is 0 Å². The zero-order valence-electron chi connectivity index (χ0n) is 14.4. The molecule has 1 aromatic rings. The second-order valence-electron chi connectivity index (χ2n) is 6.18. The molecule has 0 radical (unpaired) electrons. The first-order valence-corrected chi connectivity index (χ1v) is 10.2. The molecular weight excluding hydrogens is 326 g/mol. The van der Waals surface area contributed by atoms with E-state index < -0.39 is 10.0 Å². The number of piperidine rings is 1. The first kappa shape index (κ1) is 18.7. The van der Waals surface area contributed by atoms with Crippen molar-refractivity contribution in [3.8, 4) is 0 Å². The Morgan fingerprint density at radius 3 is 2.33 bits per heavy atom. The summed E-state index contributed by atoms with van der Waals surface area (Å²) >= 11 is 0. The van der Waals surface area contributed by atoms with Crippen LogP contribution < -0.4 is 10.0 Å². The van der Waals surface area contributed by atoms with Crippen molar-refractivity contribution in [2.45, 2.75) is 45.6 Å². The second-order valence-corrected chi connectivity index (χ2v) is 8.05. The molecule has 0 aliphatic carbocycles. The summed E-state index contributed by atoms with van der Waals surface area (Å²) in [6.07, 6.45) is 2.86. The van der Waals surface area contributed by atoms with Gasteiger partial charge in [0.1, 0.15) is 0 Å². The molecule has 24 heavy (non-hydrogen) atoms. The number of carbonyl (C=O) groups excluding carboxylic acids is 1. The van der Waals surface area contributed by atoms with Crippen LogP contribution in [0.5, 0.6) is 0 Å². The van der Waals surface area contributed by atoms with E-state index in [1.54, 1.807) is 4.90 Å². The lowest BCUT2D eigenvalue weighted by atomic mass is 10.1. The number of nitrogens with one attached hydrogen (secondary N) is 2. The van der Waals surface area contributed by atoms with E-state index in [9.17, 15) is 13.2 Å². The number of sulfonamides is 1. The number of carbonyl (C=O) groups is 1. The molecule has 1 aromatic carbocycles. The van der Waals surface area contributed by atoms with Crippen LogP contribution in [-0.4, -0.2) is 44.2 Å². The highest BCUT2D eigenvalue weighted by molar-refractivity contribution is 7.89. The van der Waals surface area contributed by atoms with Gasteiger partial charge < -0.3 is 10.2 Å². The number of likely N-dealkylation sites (tertiary alicyclic amines) is 1. The van der Waals surface area contributed by atoms with Gasteiger partial charge in [0, 0.05) is 24.8 Å². The average Bonchev–Trinajstić information content (AvgIpc) is 2.55. The summed E-state index contributed by atoms with van der Waals surface area (Å²) in [6.45, 7) is 5.04. The molecule has 0 bridgehead atoms. The van der Waals surface area contributed by atoms with Gasteiger partial charge in [0.15, 0.2) is 0 Å². The topological polar surface area (TPSA) is 78.5 Å². The van der Waals surface area contributed by atoms with Gasteiger partial charge in [-0.2, -0.15) is 0 Å². The van der Waals surface area contributed by atoms with Gasteiger partial charge in [-0.1, -0.05) is 26.0 Å². The SMILES string of the molecule is CCCS(=O)(=O)NC1CCN(C(=O)Nc2ccc(CC)cc2)CC1. The monoisotopic (exact) mass is 353 g/mol. The maximum absolute atomic E-state index is 12.3. The van der Waals surface area contributed by atoms with Gasteiger partial charge in [0.2, 0.25) is 10.0 Å². The quantitative estimate of drug-likeness (QED) is 0.825. The molecule has 0 aromatic heterocycles. The summed E-state index contributed by atoms with van der Waals surface area (Å²) in [6, 6.07) is 7.61. The molecule has 0 atom stereocenters. The molecule has 1 aliphatic heterocycles. The molecule has 7 heteroatoms. The Hall–Kier alpha value is -1.60. The molecule has 134 valence electrons. The normalized spacial score (nSPS) is 16.2. The minimum atomic E-state index is -3.19. The van der Waals surface area contributed by atoms with Crippen molar-refractivity contribution in [2.24, 2.45) is 0 Å². The van der Waals surface area contributed by atoms with Crippen LogP contribution in [-0.2, 0) is 16.4 Å². The summed E-state index contributed by atoms with van der Waals surface area (Å²) in [4.78, 5) is 14.0. The van der Waals surface area contributed by atoms with Crippen LogP contribution in [0.2, 0.25) is 0 Å². The van der Waals surface area contributed by atoms with Gasteiger partial charge in [-0.15, -0.1) is 0 Å². The van der Waals surface area contributed by atoms with Gasteiger partial charge in [-0.25, -0.2) is 17.9 Å². The van der Waals surface area contributed by atoms with Crippen LogP contribution in [0.1, 0.15) is 38.7 Å². The number of benzene rings is 1. The van der Waals surface area contributed by atoms with E-state index in [1.165, 1.54) is 5.56 Å². The third-order valence-corrected chi connectivity index (χ3v) is 5.85. The minimum absolute atomic E-state index is 0.0746. The predicted octanol–water partition coefficient (Wildman–Crippen LogP) is 2.57. The Bertz CT molecular complexity index is 636. The van der Waals surface area contributed by atoms with Gasteiger partial charge in [-0.05, 0) is 43.4 Å². The van der Waals surface area contributed by atoms with Crippen LogP contribution >= 0.6 is 0 Å². The van der Waals surface area contributed by atoms with Crippen molar-refractivity contribution in [2.75, 3.05) is 24.2 Å². The predicted molar refractivity (Wildman–Crippen MR) is 96.6 cm³/mol. The molecule has 0 saturated carbocycles. The fraction of sp³-hybridized carbons (Fsp3) is 0.588. The van der Waals surface area contributed by atoms with Crippen LogP contribution in [0.15, 0.2) is 24.3 Å². The molecule has 1 fully saturated rings. The zero-order chi connectivity index (χ0) is 17.6. The summed E-state index contributed by atoms with van der Waals surface area (Å²) in [5, 5.41) is 2.89. The Balaban J connectivity index is 1.81. The molecule has 1 saturated heterocycles. The molecule has 1 aliphatic rings. The maximum atomic E-state index is 12.3. The van der Waals surface area contributed by atoms with E-state index in [1.807, 2.05) is 31.2 Å². The minimum Gasteiger partial charge on any atom is -0.324 e. The fourth-order valence-corrected chi connectivity index (χ4v) is 4.21. The molecule has 0 unspecified atom stereocenters. The Morgan fingerprint density at radius 2 is 1.79 bits per heavy atom. The van der Waals surface area contributed by atoms with Crippen LogP contribution in [0, 0.1) is 0 Å². The van der Waals surface area contributed by atoms with Crippen molar-refractivity contribution >= 4 is 21.7 Å². The number of hydrogen-bond acceptors (Lipinski definition) is 3. The van der Waals surface area contributed by atoms with Gasteiger partial charge >= 0.3 is 6.03 Å². The highest BCUT2D eigenvalue weighted by atomic mass is 32.2. The van der Waals surface area contributed by atoms with Crippen molar-refractivity contribution in [1.29, 1.82) is 0 Å². The van der Waals surface area contributed by atoms with E-state index in [-0.39, 0.29) is 17.8 Å². The molecule has 2 N–H and O–H groups in total. The van der Waals surface area contributed by atoms with Gasteiger partial charge in [0.25, 0.3) is 0 Å². The molecule has 1 heterocycles. The fourth-order valence-electron chi connectivity index (χ4n) is 2.81. The van der Waals surface area contributed by atoms with E-state index in [0.717, 1.165) is 12.1 Å². The Morgan fingerprint density at radius 1 is 1.17 bits per heavy atom. The van der Waals surface area contributed by atoms with Gasteiger partial charge in [0.05, 0.1) is 5.75 Å². The summed E-state index contributed by atoms with van der Waals surface area (Å²) in [7, 11) is -3.19. The summed E-state index contributed by atoms with van der Waals surface area (Å²) in [5.41, 5.74) is 2.01. The Kier molecular flexibility index (Phi) is 6.62. The number of amides is 2. The highest BCUT2D eigenvalue weighted by Crippen LogP contribution is 2.15.